The molecule has 0 unspecified atom stereocenters. The smallest absolute Gasteiger partial charge is 0.0379 e. The Balaban J connectivity index is 2.68. The molecule has 2 heteroatoms. The first-order chi connectivity index (χ1) is 3.27. The first kappa shape index (κ1) is 6.92. The number of hydrogen-bond acceptors (Lipinski definition) is 2. The van der Waals surface area contributed by atoms with E-state index in [1.54, 1.807) is 0 Å². The van der Waals surface area contributed by atoms with E-state index in [4.69, 9.17) is 5.84 Å². The third-order valence-corrected chi connectivity index (χ3v) is 0.707. The van der Waals surface area contributed by atoms with E-state index in [1.165, 1.54) is 0 Å². The lowest BCUT2D eigenvalue weighted by molar-refractivity contribution is 0.602. The Morgan fingerprint density at radius 1 is 1.71 bits per heavy atom. The predicted octanol–water partition coefficient (Wildman–Crippen LogP) is 0.658. The van der Waals surface area contributed by atoms with Crippen molar-refractivity contribution in [1.29, 1.82) is 0 Å². The summed E-state index contributed by atoms with van der Waals surface area (Å²) >= 11 is 0. The van der Waals surface area contributed by atoms with E-state index in [-0.39, 0.29) is 0 Å². The van der Waals surface area contributed by atoms with Crippen LogP contribution in [0.5, 0.6) is 0 Å². The SMILES string of the molecule is CC(C)C[CH]NN. The first-order valence-corrected chi connectivity index (χ1v) is 2.55. The molecule has 0 amide bonds. The van der Waals surface area contributed by atoms with Crippen LogP contribution in [0.2, 0.25) is 0 Å². The Kier molecular flexibility index (Phi) is 4.04. The van der Waals surface area contributed by atoms with Crippen molar-refractivity contribution in [2.75, 3.05) is 0 Å². The fraction of sp³-hybridized carbons (Fsp3) is 0.800. The molecule has 0 aliphatic carbocycles. The summed E-state index contributed by atoms with van der Waals surface area (Å²) in [4.78, 5) is 0. The molecule has 0 aromatic rings. The van der Waals surface area contributed by atoms with Crippen molar-refractivity contribution in [3.8, 4) is 0 Å². The van der Waals surface area contributed by atoms with Crippen LogP contribution in [0.4, 0.5) is 0 Å². The van der Waals surface area contributed by atoms with Crippen molar-refractivity contribution in [2.45, 2.75) is 20.3 Å². The molecule has 0 bridgehead atoms. The fourth-order valence-corrected chi connectivity index (χ4v) is 0.304. The van der Waals surface area contributed by atoms with Crippen molar-refractivity contribution in [3.05, 3.63) is 6.54 Å². The van der Waals surface area contributed by atoms with Gasteiger partial charge in [-0.25, -0.2) is 0 Å². The third-order valence-electron chi connectivity index (χ3n) is 0.707. The number of nitrogens with one attached hydrogen (secondary N) is 1. The molecular formula is C5H13N2. The van der Waals surface area contributed by atoms with Gasteiger partial charge in [0.2, 0.25) is 0 Å². The maximum atomic E-state index is 4.97. The van der Waals surface area contributed by atoms with Crippen molar-refractivity contribution < 1.29 is 0 Å². The van der Waals surface area contributed by atoms with Gasteiger partial charge in [0, 0.05) is 6.54 Å². The molecule has 0 aromatic carbocycles. The highest BCUT2D eigenvalue weighted by atomic mass is 15.2. The average Bonchev–Trinajstić information content (AvgIpc) is 1.61. The van der Waals surface area contributed by atoms with Crippen molar-refractivity contribution in [2.24, 2.45) is 11.8 Å². The monoisotopic (exact) mass is 101 g/mol. The molecule has 0 heterocycles. The summed E-state index contributed by atoms with van der Waals surface area (Å²) in [7, 11) is 0. The average molecular weight is 101 g/mol. The second kappa shape index (κ2) is 4.09. The summed E-state index contributed by atoms with van der Waals surface area (Å²) < 4.78 is 0. The molecule has 3 N–H and O–H groups in total. The minimum atomic E-state index is 0.705. The third kappa shape index (κ3) is 5.92. The van der Waals surface area contributed by atoms with Crippen molar-refractivity contribution in [3.63, 3.8) is 0 Å². The standard InChI is InChI=1S/C5H13N2/c1-5(2)3-4-7-6/h4-5,7H,3,6H2,1-2H3. The Bertz CT molecular complexity index is 35.1. The molecule has 0 aromatic heterocycles. The van der Waals surface area contributed by atoms with Crippen molar-refractivity contribution >= 4 is 0 Å². The first-order valence-electron chi connectivity index (χ1n) is 2.55. The molecule has 43 valence electrons. The molecule has 2 nitrogen and oxygen atoms in total. The lowest BCUT2D eigenvalue weighted by Gasteiger charge is -1.99. The van der Waals surface area contributed by atoms with E-state index in [0.29, 0.717) is 5.92 Å². The summed E-state index contributed by atoms with van der Waals surface area (Å²) in [6, 6.07) is 0. The second-order valence-corrected chi connectivity index (χ2v) is 2.00. The van der Waals surface area contributed by atoms with Crippen LogP contribution in [0.25, 0.3) is 0 Å². The minimum Gasteiger partial charge on any atom is -0.271 e. The lowest BCUT2D eigenvalue weighted by atomic mass is 10.1. The zero-order chi connectivity index (χ0) is 5.70. The molecule has 0 spiro atoms. The molecule has 1 radical (unpaired) electrons. The Hall–Kier alpha value is -0.0800. The van der Waals surface area contributed by atoms with Crippen LogP contribution < -0.4 is 11.3 Å². The van der Waals surface area contributed by atoms with Gasteiger partial charge in [-0.05, 0) is 12.3 Å². The summed E-state index contributed by atoms with van der Waals surface area (Å²) in [5.74, 6) is 5.68. The van der Waals surface area contributed by atoms with Crippen LogP contribution in [0.15, 0.2) is 0 Å². The number of hydrogen-bond donors (Lipinski definition) is 2. The van der Waals surface area contributed by atoms with E-state index >= 15 is 0 Å². The maximum Gasteiger partial charge on any atom is 0.0379 e. The van der Waals surface area contributed by atoms with Gasteiger partial charge in [-0.15, -0.1) is 0 Å². The molecule has 0 saturated carbocycles. The van der Waals surface area contributed by atoms with Crippen LogP contribution >= 0.6 is 0 Å². The van der Waals surface area contributed by atoms with Gasteiger partial charge < -0.3 is 0 Å². The Morgan fingerprint density at radius 3 is 2.43 bits per heavy atom. The minimum absolute atomic E-state index is 0.705. The number of rotatable bonds is 3. The molecule has 0 fully saturated rings. The highest BCUT2D eigenvalue weighted by Gasteiger charge is 1.89. The van der Waals surface area contributed by atoms with E-state index in [1.807, 2.05) is 6.54 Å². The molecule has 0 aliphatic rings. The number of hydrazine groups is 1. The molecule has 0 rings (SSSR count). The summed E-state index contributed by atoms with van der Waals surface area (Å²) in [5, 5.41) is 0. The zero-order valence-corrected chi connectivity index (χ0v) is 4.94. The van der Waals surface area contributed by atoms with Crippen LogP contribution in [0.1, 0.15) is 20.3 Å². The summed E-state index contributed by atoms with van der Waals surface area (Å²) in [6.07, 6.45) is 1.04. The lowest BCUT2D eigenvalue weighted by Crippen LogP contribution is -2.18. The Labute approximate surface area is 45.1 Å². The molecule has 0 aliphatic heterocycles. The van der Waals surface area contributed by atoms with E-state index in [0.717, 1.165) is 6.42 Å². The van der Waals surface area contributed by atoms with Crippen LogP contribution in [0, 0.1) is 12.5 Å². The predicted molar refractivity (Wildman–Crippen MR) is 31.1 cm³/mol. The van der Waals surface area contributed by atoms with E-state index < -0.39 is 0 Å². The van der Waals surface area contributed by atoms with Gasteiger partial charge in [0.1, 0.15) is 0 Å². The Morgan fingerprint density at radius 2 is 2.29 bits per heavy atom. The van der Waals surface area contributed by atoms with Gasteiger partial charge in [0.05, 0.1) is 0 Å². The second-order valence-electron chi connectivity index (χ2n) is 2.00. The summed E-state index contributed by atoms with van der Waals surface area (Å²) in [5.41, 5.74) is 2.47. The van der Waals surface area contributed by atoms with Crippen LogP contribution in [-0.2, 0) is 0 Å². The zero-order valence-electron chi connectivity index (χ0n) is 4.94. The van der Waals surface area contributed by atoms with Crippen LogP contribution in [-0.4, -0.2) is 0 Å². The molecule has 0 atom stereocenters. The van der Waals surface area contributed by atoms with E-state index in [2.05, 4.69) is 19.3 Å². The topological polar surface area (TPSA) is 38.0 Å². The van der Waals surface area contributed by atoms with Gasteiger partial charge in [-0.3, -0.25) is 11.3 Å². The maximum absolute atomic E-state index is 4.97. The van der Waals surface area contributed by atoms with Gasteiger partial charge in [0.15, 0.2) is 0 Å². The molecule has 7 heavy (non-hydrogen) atoms. The van der Waals surface area contributed by atoms with Crippen LogP contribution in [0.3, 0.4) is 0 Å². The number of nitrogens with two attached hydrogens (primary N) is 1. The van der Waals surface area contributed by atoms with Gasteiger partial charge in [0.25, 0.3) is 0 Å². The van der Waals surface area contributed by atoms with Gasteiger partial charge in [-0.2, -0.15) is 0 Å². The summed E-state index contributed by atoms with van der Waals surface area (Å²) in [6.45, 7) is 6.15. The van der Waals surface area contributed by atoms with Gasteiger partial charge in [-0.1, -0.05) is 13.8 Å². The quantitative estimate of drug-likeness (QED) is 0.405. The highest BCUT2D eigenvalue weighted by molar-refractivity contribution is 4.58. The normalized spacial score (nSPS) is 10.3. The fourth-order valence-electron chi connectivity index (χ4n) is 0.304. The largest absolute Gasteiger partial charge is 0.271 e. The highest BCUT2D eigenvalue weighted by Crippen LogP contribution is 1.97. The van der Waals surface area contributed by atoms with E-state index in [9.17, 15) is 0 Å². The van der Waals surface area contributed by atoms with Gasteiger partial charge >= 0.3 is 0 Å². The van der Waals surface area contributed by atoms with Crippen molar-refractivity contribution in [1.82, 2.24) is 5.43 Å². The molecular weight excluding hydrogens is 88.1 g/mol. The molecule has 0 saturated heterocycles.